The Kier molecular flexibility index (Phi) is 3.80. The quantitative estimate of drug-likeness (QED) is 0.719. The fraction of sp³-hybridized carbons (Fsp3) is 0.333. The van der Waals surface area contributed by atoms with E-state index in [-0.39, 0.29) is 6.04 Å². The first kappa shape index (κ1) is 16.7. The number of aromatic nitrogens is 3. The van der Waals surface area contributed by atoms with Gasteiger partial charge in [0.05, 0.1) is 27.7 Å². The Bertz CT molecular complexity index is 1000. The lowest BCUT2D eigenvalue weighted by atomic mass is 10.1. The minimum absolute atomic E-state index is 0.0864. The highest BCUT2D eigenvalue weighted by Gasteiger charge is 2.51. The molecule has 3 aromatic heterocycles. The molecule has 8 heteroatoms. The Balaban J connectivity index is 1.85. The second kappa shape index (κ2) is 5.91. The van der Waals surface area contributed by atoms with Crippen molar-refractivity contribution in [2.24, 2.45) is 0 Å². The van der Waals surface area contributed by atoms with Gasteiger partial charge in [-0.1, -0.05) is 6.07 Å². The number of amides is 1. The van der Waals surface area contributed by atoms with Crippen LogP contribution in [0.15, 0.2) is 29.8 Å². The van der Waals surface area contributed by atoms with E-state index in [9.17, 15) is 14.7 Å². The zero-order valence-corrected chi connectivity index (χ0v) is 15.2. The van der Waals surface area contributed by atoms with Crippen LogP contribution in [-0.4, -0.2) is 37.3 Å². The number of fused-ring (bicyclic) bond motifs is 1. The van der Waals surface area contributed by atoms with Gasteiger partial charge >= 0.3 is 5.97 Å². The fourth-order valence-corrected chi connectivity index (χ4v) is 3.62. The van der Waals surface area contributed by atoms with Crippen LogP contribution in [0, 0.1) is 0 Å². The zero-order valence-electron chi connectivity index (χ0n) is 14.4. The summed E-state index contributed by atoms with van der Waals surface area (Å²) >= 11 is 1.53. The molecule has 0 spiro atoms. The van der Waals surface area contributed by atoms with Crippen molar-refractivity contribution < 1.29 is 14.7 Å². The van der Waals surface area contributed by atoms with Gasteiger partial charge in [0.2, 0.25) is 0 Å². The smallest absolute Gasteiger partial charge is 0.329 e. The van der Waals surface area contributed by atoms with Crippen LogP contribution in [0.4, 0.5) is 0 Å². The third-order valence-electron chi connectivity index (χ3n) is 4.59. The van der Waals surface area contributed by atoms with Crippen molar-refractivity contribution in [2.75, 3.05) is 0 Å². The minimum Gasteiger partial charge on any atom is -0.480 e. The number of carboxylic acid groups (broad SMARTS) is 1. The maximum absolute atomic E-state index is 12.9. The van der Waals surface area contributed by atoms with Crippen LogP contribution in [0.25, 0.3) is 21.6 Å². The first-order valence-electron chi connectivity index (χ1n) is 8.39. The Morgan fingerprint density at radius 3 is 2.73 bits per heavy atom. The Morgan fingerprint density at radius 1 is 1.38 bits per heavy atom. The first-order chi connectivity index (χ1) is 12.4. The van der Waals surface area contributed by atoms with Crippen molar-refractivity contribution in [2.45, 2.75) is 38.3 Å². The summed E-state index contributed by atoms with van der Waals surface area (Å²) in [4.78, 5) is 29.9. The maximum Gasteiger partial charge on any atom is 0.329 e. The summed E-state index contributed by atoms with van der Waals surface area (Å²) in [6.45, 7) is 3.99. The van der Waals surface area contributed by atoms with Gasteiger partial charge < -0.3 is 10.4 Å². The number of carbonyl (C=O) groups is 2. The molecule has 0 radical (unpaired) electrons. The molecule has 0 atom stereocenters. The number of thiophene rings is 1. The molecule has 1 saturated carbocycles. The van der Waals surface area contributed by atoms with E-state index in [2.05, 4.69) is 10.4 Å². The van der Waals surface area contributed by atoms with Crippen LogP contribution in [0.1, 0.15) is 43.1 Å². The lowest BCUT2D eigenvalue weighted by Crippen LogP contribution is -2.43. The third-order valence-corrected chi connectivity index (χ3v) is 5.48. The fourth-order valence-electron chi connectivity index (χ4n) is 2.94. The van der Waals surface area contributed by atoms with E-state index >= 15 is 0 Å². The van der Waals surface area contributed by atoms with Gasteiger partial charge in [-0.05, 0) is 44.2 Å². The maximum atomic E-state index is 12.9. The highest BCUT2D eigenvalue weighted by molar-refractivity contribution is 7.13. The van der Waals surface area contributed by atoms with E-state index in [0.29, 0.717) is 35.1 Å². The number of hydrogen-bond acceptors (Lipinski definition) is 5. The van der Waals surface area contributed by atoms with Crippen molar-refractivity contribution in [3.05, 3.63) is 35.3 Å². The Hall–Kier alpha value is -2.74. The second-order valence-corrected chi connectivity index (χ2v) is 7.74. The summed E-state index contributed by atoms with van der Waals surface area (Å²) in [7, 11) is 0. The molecule has 2 N–H and O–H groups in total. The summed E-state index contributed by atoms with van der Waals surface area (Å²) in [5.41, 5.74) is 0.568. The average Bonchev–Trinajstić information content (AvgIpc) is 3.02. The van der Waals surface area contributed by atoms with Gasteiger partial charge in [0.25, 0.3) is 5.91 Å². The summed E-state index contributed by atoms with van der Waals surface area (Å²) in [5, 5.41) is 19.0. The molecule has 7 nitrogen and oxygen atoms in total. The average molecular weight is 370 g/mol. The molecule has 3 aromatic rings. The predicted molar refractivity (Wildman–Crippen MR) is 98.3 cm³/mol. The summed E-state index contributed by atoms with van der Waals surface area (Å²) in [5.74, 6) is -1.40. The summed E-state index contributed by atoms with van der Waals surface area (Å²) < 4.78 is 1.77. The molecule has 1 fully saturated rings. The van der Waals surface area contributed by atoms with Gasteiger partial charge in [-0.3, -0.25) is 4.79 Å². The molecule has 1 aliphatic rings. The predicted octanol–water partition coefficient (Wildman–Crippen LogP) is 3.09. The zero-order chi connectivity index (χ0) is 18.5. The van der Waals surface area contributed by atoms with Crippen molar-refractivity contribution in [1.29, 1.82) is 0 Å². The first-order valence-corrected chi connectivity index (χ1v) is 9.27. The topological polar surface area (TPSA) is 97.1 Å². The van der Waals surface area contributed by atoms with Gasteiger partial charge in [0.1, 0.15) is 5.54 Å². The number of pyridine rings is 1. The highest BCUT2D eigenvalue weighted by Crippen LogP contribution is 2.36. The number of aliphatic carboxylic acids is 1. The second-order valence-electron chi connectivity index (χ2n) is 6.79. The van der Waals surface area contributed by atoms with Crippen LogP contribution in [0.3, 0.4) is 0 Å². The molecule has 0 bridgehead atoms. The van der Waals surface area contributed by atoms with Crippen LogP contribution >= 0.6 is 11.3 Å². The normalized spacial score (nSPS) is 15.3. The Labute approximate surface area is 153 Å². The summed E-state index contributed by atoms with van der Waals surface area (Å²) in [6.07, 6.45) is 2.52. The van der Waals surface area contributed by atoms with Gasteiger partial charge in [-0.15, -0.1) is 11.3 Å². The molecule has 4 rings (SSSR count). The van der Waals surface area contributed by atoms with E-state index in [1.807, 2.05) is 31.4 Å². The SMILES string of the molecule is CC(C)n1ncc2c(C(=O)NC3(C(=O)O)CC3)cc(-c3cccs3)nc21. The lowest BCUT2D eigenvalue weighted by Gasteiger charge is -2.14. The number of hydrogen-bond donors (Lipinski definition) is 2. The summed E-state index contributed by atoms with van der Waals surface area (Å²) in [6, 6.07) is 5.67. The van der Waals surface area contributed by atoms with Gasteiger partial charge in [-0.2, -0.15) is 5.10 Å². The van der Waals surface area contributed by atoms with E-state index < -0.39 is 17.4 Å². The molecule has 26 heavy (non-hydrogen) atoms. The standard InChI is InChI=1S/C18H18N4O3S/c1-10(2)22-15-12(9-19-22)11(8-13(20-15)14-4-3-7-26-14)16(23)21-18(5-6-18)17(24)25/h3-4,7-10H,5-6H2,1-2H3,(H,21,23)(H,24,25). The molecule has 0 unspecified atom stereocenters. The van der Waals surface area contributed by atoms with Crippen LogP contribution in [0.5, 0.6) is 0 Å². The number of carbonyl (C=O) groups excluding carboxylic acids is 1. The van der Waals surface area contributed by atoms with E-state index in [4.69, 9.17) is 4.98 Å². The third kappa shape index (κ3) is 2.66. The number of nitrogens with one attached hydrogen (secondary N) is 1. The molecule has 0 aliphatic heterocycles. The molecular formula is C18H18N4O3S. The largest absolute Gasteiger partial charge is 0.480 e. The highest BCUT2D eigenvalue weighted by atomic mass is 32.1. The lowest BCUT2D eigenvalue weighted by molar-refractivity contribution is -0.140. The van der Waals surface area contributed by atoms with Crippen molar-refractivity contribution in [3.63, 3.8) is 0 Å². The monoisotopic (exact) mass is 370 g/mol. The van der Waals surface area contributed by atoms with Gasteiger partial charge in [0.15, 0.2) is 5.65 Å². The molecule has 0 saturated heterocycles. The number of rotatable bonds is 5. The molecule has 0 aromatic carbocycles. The molecule has 1 aliphatic carbocycles. The van der Waals surface area contributed by atoms with Gasteiger partial charge in [-0.25, -0.2) is 14.5 Å². The van der Waals surface area contributed by atoms with Crippen molar-refractivity contribution in [3.8, 4) is 10.6 Å². The van der Waals surface area contributed by atoms with E-state index in [1.54, 1.807) is 16.9 Å². The van der Waals surface area contributed by atoms with Crippen LogP contribution < -0.4 is 5.32 Å². The molecular weight excluding hydrogens is 352 g/mol. The Morgan fingerprint density at radius 2 is 2.15 bits per heavy atom. The molecule has 3 heterocycles. The van der Waals surface area contributed by atoms with E-state index in [1.165, 1.54) is 11.3 Å². The molecule has 1 amide bonds. The van der Waals surface area contributed by atoms with Crippen LogP contribution in [-0.2, 0) is 4.79 Å². The number of nitrogens with zero attached hydrogens (tertiary/aromatic N) is 3. The van der Waals surface area contributed by atoms with E-state index in [0.717, 1.165) is 4.88 Å². The van der Waals surface area contributed by atoms with Crippen molar-refractivity contribution in [1.82, 2.24) is 20.1 Å². The van der Waals surface area contributed by atoms with Gasteiger partial charge in [0, 0.05) is 6.04 Å². The van der Waals surface area contributed by atoms with Crippen LogP contribution in [0.2, 0.25) is 0 Å². The van der Waals surface area contributed by atoms with Crippen molar-refractivity contribution >= 4 is 34.2 Å². The molecule has 134 valence electrons. The minimum atomic E-state index is -1.14. The number of carboxylic acids is 1.